The molecule has 0 heterocycles. The smallest absolute Gasteiger partial charge is 0.119 e. The predicted octanol–water partition coefficient (Wildman–Crippen LogP) is 5.77. The van der Waals surface area contributed by atoms with Crippen molar-refractivity contribution in [2.75, 3.05) is 0 Å². The van der Waals surface area contributed by atoms with Crippen molar-refractivity contribution in [3.05, 3.63) is 101 Å². The van der Waals surface area contributed by atoms with Crippen LogP contribution in [0.25, 0.3) is 0 Å². The first-order valence-corrected chi connectivity index (χ1v) is 8.83. The van der Waals surface area contributed by atoms with E-state index in [4.69, 9.17) is 16.3 Å². The van der Waals surface area contributed by atoms with E-state index < -0.39 is 0 Å². The van der Waals surface area contributed by atoms with Crippen molar-refractivity contribution in [1.82, 2.24) is 5.32 Å². The van der Waals surface area contributed by atoms with E-state index in [1.165, 1.54) is 11.1 Å². The molecule has 2 nitrogen and oxygen atoms in total. The highest BCUT2D eigenvalue weighted by Crippen LogP contribution is 2.17. The third kappa shape index (κ3) is 5.35. The molecule has 0 aromatic heterocycles. The van der Waals surface area contributed by atoms with Gasteiger partial charge in [0.1, 0.15) is 12.4 Å². The second kappa shape index (κ2) is 8.70. The summed E-state index contributed by atoms with van der Waals surface area (Å²) < 4.78 is 5.82. The quantitative estimate of drug-likeness (QED) is 0.583. The van der Waals surface area contributed by atoms with Gasteiger partial charge >= 0.3 is 0 Å². The molecule has 128 valence electrons. The maximum atomic E-state index is 5.89. The van der Waals surface area contributed by atoms with Gasteiger partial charge in [0.05, 0.1) is 0 Å². The number of hydrogen-bond donors (Lipinski definition) is 1. The summed E-state index contributed by atoms with van der Waals surface area (Å²) in [7, 11) is 0. The molecule has 0 bridgehead atoms. The molecule has 0 aliphatic rings. The normalized spacial score (nSPS) is 11.9. The summed E-state index contributed by atoms with van der Waals surface area (Å²) >= 11 is 5.89. The molecular weight excluding hydrogens is 330 g/mol. The molecule has 1 N–H and O–H groups in total. The third-order valence-electron chi connectivity index (χ3n) is 4.15. The fourth-order valence-electron chi connectivity index (χ4n) is 2.58. The van der Waals surface area contributed by atoms with Crippen LogP contribution in [0.15, 0.2) is 78.9 Å². The zero-order chi connectivity index (χ0) is 17.5. The van der Waals surface area contributed by atoms with Crippen LogP contribution in [0.2, 0.25) is 5.02 Å². The summed E-state index contributed by atoms with van der Waals surface area (Å²) in [6.07, 6.45) is 0. The Labute approximate surface area is 154 Å². The summed E-state index contributed by atoms with van der Waals surface area (Å²) in [5.41, 5.74) is 3.64. The minimum Gasteiger partial charge on any atom is -0.489 e. The van der Waals surface area contributed by atoms with Gasteiger partial charge < -0.3 is 10.1 Å². The monoisotopic (exact) mass is 351 g/mol. The van der Waals surface area contributed by atoms with Gasteiger partial charge in [0.15, 0.2) is 0 Å². The van der Waals surface area contributed by atoms with Crippen LogP contribution in [0.4, 0.5) is 0 Å². The van der Waals surface area contributed by atoms with Crippen LogP contribution in [-0.2, 0) is 13.2 Å². The van der Waals surface area contributed by atoms with E-state index in [2.05, 4.69) is 48.6 Å². The van der Waals surface area contributed by atoms with Crippen LogP contribution in [0, 0.1) is 0 Å². The van der Waals surface area contributed by atoms with Gasteiger partial charge in [-0.2, -0.15) is 0 Å². The molecule has 0 amide bonds. The molecule has 3 aromatic rings. The Bertz CT molecular complexity index is 769. The molecule has 0 saturated heterocycles. The van der Waals surface area contributed by atoms with Crippen molar-refractivity contribution < 1.29 is 4.74 Å². The van der Waals surface area contributed by atoms with Crippen molar-refractivity contribution in [3.63, 3.8) is 0 Å². The van der Waals surface area contributed by atoms with Crippen LogP contribution in [-0.4, -0.2) is 0 Å². The highest BCUT2D eigenvalue weighted by atomic mass is 35.5. The standard InChI is InChI=1S/C22H22ClNO/c1-17(20-5-3-2-4-6-20)24-15-18-9-13-22(14-10-18)25-16-19-7-11-21(23)12-8-19/h2-14,17,24H,15-16H2,1H3/t17-/m1/s1. The second-order valence-electron chi connectivity index (χ2n) is 6.07. The van der Waals surface area contributed by atoms with Gasteiger partial charge in [0, 0.05) is 17.6 Å². The Kier molecular flexibility index (Phi) is 6.10. The van der Waals surface area contributed by atoms with E-state index in [9.17, 15) is 0 Å². The zero-order valence-corrected chi connectivity index (χ0v) is 15.0. The third-order valence-corrected chi connectivity index (χ3v) is 4.41. The fraction of sp³-hybridized carbons (Fsp3) is 0.182. The molecule has 1 atom stereocenters. The molecule has 0 aliphatic carbocycles. The topological polar surface area (TPSA) is 21.3 Å². The van der Waals surface area contributed by atoms with Crippen molar-refractivity contribution >= 4 is 11.6 Å². The molecule has 3 heteroatoms. The van der Waals surface area contributed by atoms with Crippen LogP contribution < -0.4 is 10.1 Å². The van der Waals surface area contributed by atoms with Gasteiger partial charge in [0.25, 0.3) is 0 Å². The van der Waals surface area contributed by atoms with Gasteiger partial charge in [-0.05, 0) is 47.9 Å². The van der Waals surface area contributed by atoms with E-state index in [1.54, 1.807) is 0 Å². The number of halogens is 1. The SMILES string of the molecule is C[C@@H](NCc1ccc(OCc2ccc(Cl)cc2)cc1)c1ccccc1. The molecule has 0 saturated carbocycles. The lowest BCUT2D eigenvalue weighted by molar-refractivity contribution is 0.306. The minimum absolute atomic E-state index is 0.321. The lowest BCUT2D eigenvalue weighted by Gasteiger charge is -2.14. The van der Waals surface area contributed by atoms with Gasteiger partial charge in [-0.1, -0.05) is 66.2 Å². The van der Waals surface area contributed by atoms with E-state index in [-0.39, 0.29) is 0 Å². The van der Waals surface area contributed by atoms with Crippen LogP contribution in [0.1, 0.15) is 29.7 Å². The van der Waals surface area contributed by atoms with Crippen LogP contribution in [0.3, 0.4) is 0 Å². The van der Waals surface area contributed by atoms with Gasteiger partial charge in [-0.25, -0.2) is 0 Å². The summed E-state index contributed by atoms with van der Waals surface area (Å²) in [5.74, 6) is 0.870. The first kappa shape index (κ1) is 17.5. The molecule has 3 aromatic carbocycles. The largest absolute Gasteiger partial charge is 0.489 e. The van der Waals surface area contributed by atoms with E-state index in [1.807, 2.05) is 42.5 Å². The van der Waals surface area contributed by atoms with Gasteiger partial charge in [-0.15, -0.1) is 0 Å². The van der Waals surface area contributed by atoms with Crippen LogP contribution in [0.5, 0.6) is 5.75 Å². The fourth-order valence-corrected chi connectivity index (χ4v) is 2.71. The Morgan fingerprint density at radius 3 is 2.16 bits per heavy atom. The molecule has 3 rings (SSSR count). The molecule has 0 radical (unpaired) electrons. The van der Waals surface area contributed by atoms with E-state index in [0.717, 1.165) is 22.9 Å². The van der Waals surface area contributed by atoms with Crippen molar-refractivity contribution in [3.8, 4) is 5.75 Å². The molecular formula is C22H22ClNO. The molecule has 0 unspecified atom stereocenters. The van der Waals surface area contributed by atoms with Crippen molar-refractivity contribution in [2.24, 2.45) is 0 Å². The summed E-state index contributed by atoms with van der Waals surface area (Å²) in [5, 5.41) is 4.29. The highest BCUT2D eigenvalue weighted by Gasteiger charge is 2.04. The number of ether oxygens (including phenoxy) is 1. The Morgan fingerprint density at radius 1 is 0.840 bits per heavy atom. The molecule has 0 fully saturated rings. The molecule has 25 heavy (non-hydrogen) atoms. The second-order valence-corrected chi connectivity index (χ2v) is 6.51. The van der Waals surface area contributed by atoms with Crippen molar-refractivity contribution in [2.45, 2.75) is 26.1 Å². The Morgan fingerprint density at radius 2 is 1.48 bits per heavy atom. The number of nitrogens with one attached hydrogen (secondary N) is 1. The Hall–Kier alpha value is -2.29. The summed E-state index contributed by atoms with van der Waals surface area (Å²) in [6, 6.07) is 26.7. The Balaban J connectivity index is 1.49. The average molecular weight is 352 g/mol. The first-order chi connectivity index (χ1) is 12.2. The number of hydrogen-bond acceptors (Lipinski definition) is 2. The lowest BCUT2D eigenvalue weighted by atomic mass is 10.1. The summed E-state index contributed by atoms with van der Waals surface area (Å²) in [6.45, 7) is 3.55. The van der Waals surface area contributed by atoms with E-state index >= 15 is 0 Å². The first-order valence-electron chi connectivity index (χ1n) is 8.45. The summed E-state index contributed by atoms with van der Waals surface area (Å²) in [4.78, 5) is 0. The lowest BCUT2D eigenvalue weighted by Crippen LogP contribution is -2.17. The van der Waals surface area contributed by atoms with Gasteiger partial charge in [0.2, 0.25) is 0 Å². The predicted molar refractivity (Wildman–Crippen MR) is 104 cm³/mol. The minimum atomic E-state index is 0.321. The maximum absolute atomic E-state index is 5.89. The maximum Gasteiger partial charge on any atom is 0.119 e. The zero-order valence-electron chi connectivity index (χ0n) is 14.3. The highest BCUT2D eigenvalue weighted by molar-refractivity contribution is 6.30. The van der Waals surface area contributed by atoms with Crippen LogP contribution >= 0.6 is 11.6 Å². The number of benzene rings is 3. The molecule has 0 spiro atoms. The van der Waals surface area contributed by atoms with Crippen molar-refractivity contribution in [1.29, 1.82) is 0 Å². The molecule has 0 aliphatic heterocycles. The number of rotatable bonds is 7. The van der Waals surface area contributed by atoms with Gasteiger partial charge in [-0.3, -0.25) is 0 Å². The average Bonchev–Trinajstić information content (AvgIpc) is 2.67. The van der Waals surface area contributed by atoms with E-state index in [0.29, 0.717) is 12.6 Å².